The average molecular weight is 458 g/mol. The summed E-state index contributed by atoms with van der Waals surface area (Å²) in [6.07, 6.45) is 1.25. The molecule has 2 aromatic carbocycles. The maximum absolute atomic E-state index is 13.2. The quantitative estimate of drug-likeness (QED) is 0.595. The highest BCUT2D eigenvalue weighted by Gasteiger charge is 2.38. The molecule has 2 aromatic rings. The topological polar surface area (TPSA) is 55.4 Å². The van der Waals surface area contributed by atoms with Crippen LogP contribution in [-0.4, -0.2) is 18.3 Å². The van der Waals surface area contributed by atoms with Gasteiger partial charge in [-0.05, 0) is 53.6 Å². The van der Waals surface area contributed by atoms with Gasteiger partial charge in [0.15, 0.2) is 5.78 Å². The molecule has 0 saturated heterocycles. The highest BCUT2D eigenvalue weighted by Crippen LogP contribution is 2.43. The van der Waals surface area contributed by atoms with Crippen molar-refractivity contribution in [1.29, 1.82) is 0 Å². The van der Waals surface area contributed by atoms with Gasteiger partial charge in [-0.15, -0.1) is 0 Å². The second-order valence-corrected chi connectivity index (χ2v) is 9.49. The lowest BCUT2D eigenvalue weighted by molar-refractivity contribution is -0.122. The van der Waals surface area contributed by atoms with E-state index in [4.69, 9.17) is 27.9 Å². The first kappa shape index (κ1) is 21.9. The van der Waals surface area contributed by atoms with Crippen molar-refractivity contribution in [2.75, 3.05) is 6.61 Å². The Hall–Kier alpha value is -2.30. The summed E-state index contributed by atoms with van der Waals surface area (Å²) in [6, 6.07) is 13.2. The van der Waals surface area contributed by atoms with Gasteiger partial charge >= 0.3 is 0 Å². The lowest BCUT2D eigenvalue weighted by Crippen LogP contribution is -2.38. The number of Topliss-reactive ketones (excluding diaryl/α,β-unsaturated/α-hetero) is 1. The van der Waals surface area contributed by atoms with Crippen molar-refractivity contribution in [2.45, 2.75) is 44.9 Å². The van der Waals surface area contributed by atoms with E-state index < -0.39 is 0 Å². The molecule has 4 rings (SSSR count). The van der Waals surface area contributed by atoms with Crippen LogP contribution in [0.4, 0.5) is 0 Å². The number of carbonyl (C=O) groups is 2. The molecule has 0 spiro atoms. The molecule has 6 heteroatoms. The van der Waals surface area contributed by atoms with E-state index in [1.807, 2.05) is 36.4 Å². The summed E-state index contributed by atoms with van der Waals surface area (Å²) in [6.45, 7) is 4.85. The number of ether oxygens (including phenoxy) is 1. The monoisotopic (exact) mass is 457 g/mol. The third-order valence-electron chi connectivity index (χ3n) is 5.82. The van der Waals surface area contributed by atoms with Crippen LogP contribution < -0.4 is 10.1 Å². The molecular weight excluding hydrogens is 433 g/mol. The van der Waals surface area contributed by atoms with Gasteiger partial charge in [-0.25, -0.2) is 0 Å². The number of benzene rings is 2. The third-order valence-corrected chi connectivity index (χ3v) is 6.56. The summed E-state index contributed by atoms with van der Waals surface area (Å²) in [5.41, 5.74) is 3.37. The maximum Gasteiger partial charge on any atom is 0.225 e. The van der Waals surface area contributed by atoms with Crippen molar-refractivity contribution in [3.63, 3.8) is 0 Å². The number of allylic oxidation sites excluding steroid dienone is 2. The molecular formula is C25H25Cl2NO3. The first-order chi connectivity index (χ1) is 14.8. The molecule has 0 fully saturated rings. The first-order valence-electron chi connectivity index (χ1n) is 10.6. The molecule has 1 N–H and O–H groups in total. The summed E-state index contributed by atoms with van der Waals surface area (Å²) < 4.78 is 5.76. The molecule has 2 atom stereocenters. The highest BCUT2D eigenvalue weighted by atomic mass is 35.5. The Balaban J connectivity index is 1.60. The van der Waals surface area contributed by atoms with E-state index in [2.05, 4.69) is 19.2 Å². The minimum Gasteiger partial charge on any atom is -0.493 e. The van der Waals surface area contributed by atoms with Crippen molar-refractivity contribution < 1.29 is 14.3 Å². The molecule has 0 radical (unpaired) electrons. The van der Waals surface area contributed by atoms with Gasteiger partial charge in [0.05, 0.1) is 16.7 Å². The number of rotatable bonds is 5. The Morgan fingerprint density at radius 3 is 2.35 bits per heavy atom. The second kappa shape index (κ2) is 9.05. The van der Waals surface area contributed by atoms with Gasteiger partial charge in [-0.1, -0.05) is 55.2 Å². The second-order valence-electron chi connectivity index (χ2n) is 8.67. The fourth-order valence-electron chi connectivity index (χ4n) is 4.31. The van der Waals surface area contributed by atoms with Gasteiger partial charge in [0.2, 0.25) is 5.91 Å². The molecule has 1 aliphatic carbocycles. The van der Waals surface area contributed by atoms with Gasteiger partial charge in [0.1, 0.15) is 5.75 Å². The number of hydrogen-bond donors (Lipinski definition) is 1. The number of nitrogens with one attached hydrogen (secondary N) is 1. The molecule has 1 amide bonds. The fourth-order valence-corrected chi connectivity index (χ4v) is 4.61. The average Bonchev–Trinajstić information content (AvgIpc) is 2.73. The predicted molar refractivity (Wildman–Crippen MR) is 123 cm³/mol. The van der Waals surface area contributed by atoms with E-state index in [9.17, 15) is 9.59 Å². The number of carbonyl (C=O) groups excluding carboxylic acids is 2. The summed E-state index contributed by atoms with van der Waals surface area (Å²) in [4.78, 5) is 25.7. The van der Waals surface area contributed by atoms with E-state index >= 15 is 0 Å². The summed E-state index contributed by atoms with van der Waals surface area (Å²) in [5, 5.41) is 3.91. The Labute approximate surface area is 192 Å². The molecule has 0 saturated carbocycles. The number of ketones is 1. The molecule has 2 unspecified atom stereocenters. The van der Waals surface area contributed by atoms with Crippen molar-refractivity contribution in [3.05, 3.63) is 74.9 Å². The van der Waals surface area contributed by atoms with E-state index in [0.29, 0.717) is 35.4 Å². The zero-order valence-corrected chi connectivity index (χ0v) is 19.1. The van der Waals surface area contributed by atoms with Crippen LogP contribution in [0.5, 0.6) is 5.75 Å². The fraction of sp³-hybridized carbons (Fsp3) is 0.360. The maximum atomic E-state index is 13.2. The summed E-state index contributed by atoms with van der Waals surface area (Å²) in [7, 11) is 0. The summed E-state index contributed by atoms with van der Waals surface area (Å²) >= 11 is 12.2. The van der Waals surface area contributed by atoms with E-state index in [-0.39, 0.29) is 29.9 Å². The van der Waals surface area contributed by atoms with Crippen molar-refractivity contribution in [1.82, 2.24) is 5.32 Å². The molecule has 0 aromatic heterocycles. The zero-order valence-electron chi connectivity index (χ0n) is 17.6. The Morgan fingerprint density at radius 2 is 1.68 bits per heavy atom. The standard InChI is InChI=1S/C25H25Cl2NO3/c1-14(2)13-31-18-6-3-15(4-7-18)19-12-24(30)28-22-10-17(11-23(29)25(19)22)16-5-8-20(26)21(27)9-16/h3-9,14,17,19H,10-13H2,1-2H3,(H,28,30). The zero-order chi connectivity index (χ0) is 22.1. The van der Waals surface area contributed by atoms with Crippen LogP contribution in [0.2, 0.25) is 10.0 Å². The van der Waals surface area contributed by atoms with Crippen LogP contribution in [0, 0.1) is 5.92 Å². The molecule has 1 aliphatic heterocycles. The van der Waals surface area contributed by atoms with E-state index in [0.717, 1.165) is 28.1 Å². The van der Waals surface area contributed by atoms with Crippen molar-refractivity contribution >= 4 is 34.9 Å². The van der Waals surface area contributed by atoms with Gasteiger partial charge in [-0.2, -0.15) is 0 Å². The molecule has 31 heavy (non-hydrogen) atoms. The number of hydrogen-bond acceptors (Lipinski definition) is 3. The number of amides is 1. The molecule has 2 aliphatic rings. The minimum atomic E-state index is -0.231. The first-order valence-corrected chi connectivity index (χ1v) is 11.3. The summed E-state index contributed by atoms with van der Waals surface area (Å²) in [5.74, 6) is 0.977. The Kier molecular flexibility index (Phi) is 6.40. The van der Waals surface area contributed by atoms with Crippen LogP contribution in [-0.2, 0) is 9.59 Å². The lowest BCUT2D eigenvalue weighted by Gasteiger charge is -2.34. The van der Waals surface area contributed by atoms with Crippen molar-refractivity contribution in [2.24, 2.45) is 5.92 Å². The smallest absolute Gasteiger partial charge is 0.225 e. The van der Waals surface area contributed by atoms with Crippen molar-refractivity contribution in [3.8, 4) is 5.75 Å². The van der Waals surface area contributed by atoms with E-state index in [1.54, 1.807) is 6.07 Å². The van der Waals surface area contributed by atoms with Gasteiger partial charge in [-0.3, -0.25) is 9.59 Å². The third kappa shape index (κ3) is 4.81. The lowest BCUT2D eigenvalue weighted by atomic mass is 9.73. The molecule has 162 valence electrons. The van der Waals surface area contributed by atoms with Crippen LogP contribution in [0.25, 0.3) is 0 Å². The Bertz CT molecular complexity index is 1040. The van der Waals surface area contributed by atoms with Crippen LogP contribution >= 0.6 is 23.2 Å². The van der Waals surface area contributed by atoms with Crippen LogP contribution in [0.1, 0.15) is 56.1 Å². The molecule has 1 heterocycles. The van der Waals surface area contributed by atoms with E-state index in [1.165, 1.54) is 0 Å². The van der Waals surface area contributed by atoms with Gasteiger partial charge < -0.3 is 10.1 Å². The highest BCUT2D eigenvalue weighted by molar-refractivity contribution is 6.42. The molecule has 0 bridgehead atoms. The predicted octanol–water partition coefficient (Wildman–Crippen LogP) is 6.03. The number of halogens is 2. The Morgan fingerprint density at radius 1 is 0.968 bits per heavy atom. The minimum absolute atomic E-state index is 0.0353. The van der Waals surface area contributed by atoms with Gasteiger partial charge in [0, 0.05) is 30.0 Å². The SMILES string of the molecule is CC(C)COc1ccc(C2CC(=O)NC3=C2C(=O)CC(c2ccc(Cl)c(Cl)c2)C3)cc1. The van der Waals surface area contributed by atoms with Gasteiger partial charge in [0.25, 0.3) is 0 Å². The molecule has 4 nitrogen and oxygen atoms in total. The largest absolute Gasteiger partial charge is 0.493 e. The van der Waals surface area contributed by atoms with Crippen LogP contribution in [0.15, 0.2) is 53.7 Å². The normalized spacial score (nSPS) is 21.2. The van der Waals surface area contributed by atoms with Crippen LogP contribution in [0.3, 0.4) is 0 Å².